The van der Waals surface area contributed by atoms with Gasteiger partial charge in [-0.3, -0.25) is 0 Å². The van der Waals surface area contributed by atoms with Gasteiger partial charge in [-0.15, -0.1) is 0 Å². The van der Waals surface area contributed by atoms with Crippen LogP contribution in [0.5, 0.6) is 0 Å². The predicted molar refractivity (Wildman–Crippen MR) is 86.0 cm³/mol. The number of hydrogen-bond acceptors (Lipinski definition) is 2. The largest absolute Gasteiger partial charge is 0.373 e. The van der Waals surface area contributed by atoms with Crippen molar-refractivity contribution in [3.63, 3.8) is 0 Å². The normalized spacial score (nSPS) is 12.7. The van der Waals surface area contributed by atoms with Crippen LogP contribution in [-0.2, 0) is 0 Å². The van der Waals surface area contributed by atoms with E-state index >= 15 is 0 Å². The third-order valence-corrected chi connectivity index (χ3v) is 3.56. The summed E-state index contributed by atoms with van der Waals surface area (Å²) in [7, 11) is 2.16. The molecule has 0 amide bonds. The molecule has 1 aromatic rings. The molecule has 0 spiro atoms. The van der Waals surface area contributed by atoms with E-state index in [9.17, 15) is 0 Å². The monoisotopic (exact) mass is 262 g/mol. The van der Waals surface area contributed by atoms with Crippen LogP contribution in [0.2, 0.25) is 0 Å². The average molecular weight is 262 g/mol. The molecule has 0 heterocycles. The first-order chi connectivity index (χ1) is 8.99. The van der Waals surface area contributed by atoms with E-state index in [2.05, 4.69) is 69.2 Å². The molecular weight excluding hydrogens is 232 g/mol. The molecule has 1 aromatic carbocycles. The smallest absolute Gasteiger partial charge is 0.0366 e. The maximum atomic E-state index is 3.61. The van der Waals surface area contributed by atoms with E-state index in [1.165, 1.54) is 24.1 Å². The molecule has 0 radical (unpaired) electrons. The van der Waals surface area contributed by atoms with Crippen LogP contribution in [0.15, 0.2) is 24.3 Å². The van der Waals surface area contributed by atoms with E-state index in [0.29, 0.717) is 6.04 Å². The SMILES string of the molecule is Cc1cccc(N(C)CCNC(C)CCC(C)C)c1. The number of hydrogen-bond donors (Lipinski definition) is 1. The van der Waals surface area contributed by atoms with Gasteiger partial charge in [0.05, 0.1) is 0 Å². The summed E-state index contributed by atoms with van der Waals surface area (Å²) in [6, 6.07) is 9.30. The second kappa shape index (κ2) is 8.21. The number of rotatable bonds is 8. The molecule has 0 saturated carbocycles. The highest BCUT2D eigenvalue weighted by Crippen LogP contribution is 2.13. The first-order valence-corrected chi connectivity index (χ1v) is 7.50. The van der Waals surface area contributed by atoms with Crippen molar-refractivity contribution in [3.05, 3.63) is 29.8 Å². The molecular formula is C17H30N2. The highest BCUT2D eigenvalue weighted by atomic mass is 15.1. The maximum absolute atomic E-state index is 3.61. The first kappa shape index (κ1) is 16.0. The van der Waals surface area contributed by atoms with Gasteiger partial charge in [-0.1, -0.05) is 26.0 Å². The summed E-state index contributed by atoms with van der Waals surface area (Å²) >= 11 is 0. The molecule has 0 aliphatic carbocycles. The van der Waals surface area contributed by atoms with Crippen LogP contribution in [0, 0.1) is 12.8 Å². The number of nitrogens with one attached hydrogen (secondary N) is 1. The Morgan fingerprint density at radius 1 is 1.16 bits per heavy atom. The molecule has 0 bridgehead atoms. The fraction of sp³-hybridized carbons (Fsp3) is 0.647. The molecule has 1 N–H and O–H groups in total. The molecule has 0 fully saturated rings. The lowest BCUT2D eigenvalue weighted by atomic mass is 10.0. The zero-order valence-electron chi connectivity index (χ0n) is 13.2. The second-order valence-corrected chi connectivity index (χ2v) is 6.09. The zero-order valence-corrected chi connectivity index (χ0v) is 13.2. The van der Waals surface area contributed by atoms with E-state index < -0.39 is 0 Å². The Hall–Kier alpha value is -1.02. The summed E-state index contributed by atoms with van der Waals surface area (Å²) < 4.78 is 0. The molecule has 0 aliphatic rings. The fourth-order valence-electron chi connectivity index (χ4n) is 2.16. The molecule has 0 aromatic heterocycles. The summed E-state index contributed by atoms with van der Waals surface area (Å²) in [5.74, 6) is 0.805. The van der Waals surface area contributed by atoms with Crippen LogP contribution in [0.3, 0.4) is 0 Å². The summed E-state index contributed by atoms with van der Waals surface area (Å²) in [4.78, 5) is 2.31. The van der Waals surface area contributed by atoms with Gasteiger partial charge in [0.1, 0.15) is 0 Å². The van der Waals surface area contributed by atoms with Crippen LogP contribution in [-0.4, -0.2) is 26.2 Å². The van der Waals surface area contributed by atoms with E-state index in [0.717, 1.165) is 19.0 Å². The van der Waals surface area contributed by atoms with Crippen LogP contribution < -0.4 is 10.2 Å². The van der Waals surface area contributed by atoms with Crippen molar-refractivity contribution in [2.75, 3.05) is 25.0 Å². The van der Waals surface area contributed by atoms with E-state index in [4.69, 9.17) is 0 Å². The Labute approximate surface area is 119 Å². The Bertz CT molecular complexity index is 360. The van der Waals surface area contributed by atoms with Gasteiger partial charge in [0.25, 0.3) is 0 Å². The zero-order chi connectivity index (χ0) is 14.3. The Kier molecular flexibility index (Phi) is 6.93. The molecule has 0 aliphatic heterocycles. The summed E-state index contributed by atoms with van der Waals surface area (Å²) in [5.41, 5.74) is 2.62. The van der Waals surface area contributed by atoms with Gasteiger partial charge < -0.3 is 10.2 Å². The van der Waals surface area contributed by atoms with Crippen LogP contribution in [0.1, 0.15) is 39.2 Å². The standard InChI is InChI=1S/C17H30N2/c1-14(2)9-10-16(4)18-11-12-19(5)17-8-6-7-15(3)13-17/h6-8,13-14,16,18H,9-12H2,1-5H3. The molecule has 1 atom stereocenters. The van der Waals surface area contributed by atoms with E-state index in [1.807, 2.05) is 0 Å². The Morgan fingerprint density at radius 3 is 2.53 bits per heavy atom. The minimum Gasteiger partial charge on any atom is -0.373 e. The maximum Gasteiger partial charge on any atom is 0.0366 e. The van der Waals surface area contributed by atoms with Crippen molar-refractivity contribution >= 4 is 5.69 Å². The molecule has 1 rings (SSSR count). The first-order valence-electron chi connectivity index (χ1n) is 7.50. The third-order valence-electron chi connectivity index (χ3n) is 3.56. The minimum absolute atomic E-state index is 0.619. The van der Waals surface area contributed by atoms with E-state index in [1.54, 1.807) is 0 Å². The van der Waals surface area contributed by atoms with Gasteiger partial charge in [-0.2, -0.15) is 0 Å². The lowest BCUT2D eigenvalue weighted by Gasteiger charge is -2.22. The average Bonchev–Trinajstić information content (AvgIpc) is 2.36. The molecule has 2 nitrogen and oxygen atoms in total. The topological polar surface area (TPSA) is 15.3 Å². The van der Waals surface area contributed by atoms with Crippen LogP contribution >= 0.6 is 0 Å². The lowest BCUT2D eigenvalue weighted by Crippen LogP contribution is -2.34. The number of likely N-dealkylation sites (N-methyl/N-ethyl adjacent to an activating group) is 1. The van der Waals surface area contributed by atoms with Crippen LogP contribution in [0.4, 0.5) is 5.69 Å². The number of anilines is 1. The molecule has 0 saturated heterocycles. The van der Waals surface area contributed by atoms with Crippen molar-refractivity contribution in [1.82, 2.24) is 5.32 Å². The van der Waals surface area contributed by atoms with Crippen molar-refractivity contribution in [2.45, 2.75) is 46.6 Å². The third kappa shape index (κ3) is 6.63. The summed E-state index contributed by atoms with van der Waals surface area (Å²) in [5, 5.41) is 3.61. The molecule has 1 unspecified atom stereocenters. The minimum atomic E-state index is 0.619. The highest BCUT2D eigenvalue weighted by Gasteiger charge is 2.04. The quantitative estimate of drug-likeness (QED) is 0.765. The van der Waals surface area contributed by atoms with Gasteiger partial charge in [-0.05, 0) is 50.3 Å². The van der Waals surface area contributed by atoms with Gasteiger partial charge in [0.2, 0.25) is 0 Å². The molecule has 108 valence electrons. The number of benzene rings is 1. The van der Waals surface area contributed by atoms with Gasteiger partial charge in [0.15, 0.2) is 0 Å². The summed E-state index contributed by atoms with van der Waals surface area (Å²) in [6.07, 6.45) is 2.58. The van der Waals surface area contributed by atoms with Crippen molar-refractivity contribution < 1.29 is 0 Å². The molecule has 2 heteroatoms. The van der Waals surface area contributed by atoms with Crippen molar-refractivity contribution in [1.29, 1.82) is 0 Å². The summed E-state index contributed by atoms with van der Waals surface area (Å²) in [6.45, 7) is 11.1. The number of nitrogens with zero attached hydrogens (tertiary/aromatic N) is 1. The van der Waals surface area contributed by atoms with Gasteiger partial charge >= 0.3 is 0 Å². The van der Waals surface area contributed by atoms with Crippen molar-refractivity contribution in [3.8, 4) is 0 Å². The molecule has 19 heavy (non-hydrogen) atoms. The van der Waals surface area contributed by atoms with Gasteiger partial charge in [-0.25, -0.2) is 0 Å². The van der Waals surface area contributed by atoms with Gasteiger partial charge in [0, 0.05) is 31.9 Å². The number of aryl methyl sites for hydroxylation is 1. The van der Waals surface area contributed by atoms with Crippen molar-refractivity contribution in [2.24, 2.45) is 5.92 Å². The fourth-order valence-corrected chi connectivity index (χ4v) is 2.16. The Morgan fingerprint density at radius 2 is 1.89 bits per heavy atom. The predicted octanol–water partition coefficient (Wildman–Crippen LogP) is 3.85. The van der Waals surface area contributed by atoms with Crippen LogP contribution in [0.25, 0.3) is 0 Å². The second-order valence-electron chi connectivity index (χ2n) is 6.09. The Balaban J connectivity index is 2.25. The van der Waals surface area contributed by atoms with E-state index in [-0.39, 0.29) is 0 Å². The lowest BCUT2D eigenvalue weighted by molar-refractivity contribution is 0.454. The highest BCUT2D eigenvalue weighted by molar-refractivity contribution is 5.47.